The van der Waals surface area contributed by atoms with E-state index in [9.17, 15) is 0 Å². The largest absolute Gasteiger partial charge is 0.373 e. The van der Waals surface area contributed by atoms with E-state index in [-0.39, 0.29) is 0 Å². The van der Waals surface area contributed by atoms with Crippen molar-refractivity contribution >= 4 is 11.6 Å². The highest BCUT2D eigenvalue weighted by atomic mass is 15.1. The van der Waals surface area contributed by atoms with Crippen LogP contribution in [0.4, 0.5) is 11.6 Å². The van der Waals surface area contributed by atoms with Crippen LogP contribution in [0.2, 0.25) is 0 Å². The molecular formula is C16H29N5. The second-order valence-electron chi connectivity index (χ2n) is 6.35. The van der Waals surface area contributed by atoms with Gasteiger partial charge in [0, 0.05) is 19.2 Å². The van der Waals surface area contributed by atoms with Gasteiger partial charge in [-0.05, 0) is 51.2 Å². The molecule has 5 heteroatoms. The SMILES string of the molecule is CNc1ncnc(NCCC2CCN(C)CC2)c1C(C)C. The summed E-state index contributed by atoms with van der Waals surface area (Å²) in [5.41, 5.74) is 1.18. The van der Waals surface area contributed by atoms with Gasteiger partial charge in [0.25, 0.3) is 0 Å². The maximum atomic E-state index is 4.43. The molecule has 0 aromatic carbocycles. The fraction of sp³-hybridized carbons (Fsp3) is 0.750. The summed E-state index contributed by atoms with van der Waals surface area (Å²) in [5.74, 6) is 3.17. The molecule has 2 rings (SSSR count). The van der Waals surface area contributed by atoms with Crippen LogP contribution in [0.15, 0.2) is 6.33 Å². The van der Waals surface area contributed by atoms with E-state index >= 15 is 0 Å². The quantitative estimate of drug-likeness (QED) is 0.844. The number of hydrogen-bond acceptors (Lipinski definition) is 5. The topological polar surface area (TPSA) is 53.1 Å². The van der Waals surface area contributed by atoms with Crippen LogP contribution < -0.4 is 10.6 Å². The van der Waals surface area contributed by atoms with Crippen molar-refractivity contribution in [2.45, 2.75) is 39.0 Å². The fourth-order valence-electron chi connectivity index (χ4n) is 3.03. The Morgan fingerprint density at radius 2 is 1.90 bits per heavy atom. The van der Waals surface area contributed by atoms with E-state index < -0.39 is 0 Å². The average Bonchev–Trinajstić information content (AvgIpc) is 2.48. The van der Waals surface area contributed by atoms with Gasteiger partial charge in [-0.1, -0.05) is 13.8 Å². The van der Waals surface area contributed by atoms with Crippen molar-refractivity contribution in [2.75, 3.05) is 44.4 Å². The van der Waals surface area contributed by atoms with Crippen molar-refractivity contribution in [2.24, 2.45) is 5.92 Å². The summed E-state index contributed by atoms with van der Waals surface area (Å²) in [6, 6.07) is 0. The molecule has 0 unspecified atom stereocenters. The van der Waals surface area contributed by atoms with Crippen molar-refractivity contribution in [3.8, 4) is 0 Å². The first-order valence-electron chi connectivity index (χ1n) is 8.06. The third-order valence-electron chi connectivity index (χ3n) is 4.38. The highest BCUT2D eigenvalue weighted by Gasteiger charge is 2.17. The third kappa shape index (κ3) is 4.30. The van der Waals surface area contributed by atoms with Crippen molar-refractivity contribution in [3.05, 3.63) is 11.9 Å². The molecule has 0 spiro atoms. The van der Waals surface area contributed by atoms with Gasteiger partial charge < -0.3 is 15.5 Å². The number of likely N-dealkylation sites (tertiary alicyclic amines) is 1. The molecule has 0 radical (unpaired) electrons. The van der Waals surface area contributed by atoms with Crippen LogP contribution in [-0.4, -0.2) is 48.6 Å². The zero-order chi connectivity index (χ0) is 15.2. The summed E-state index contributed by atoms with van der Waals surface area (Å²) in [6.07, 6.45) is 5.50. The number of anilines is 2. The Kier molecular flexibility index (Phi) is 5.79. The summed E-state index contributed by atoms with van der Waals surface area (Å²) < 4.78 is 0. The van der Waals surface area contributed by atoms with Crippen LogP contribution in [0, 0.1) is 5.92 Å². The lowest BCUT2D eigenvalue weighted by Crippen LogP contribution is -2.31. The van der Waals surface area contributed by atoms with Gasteiger partial charge >= 0.3 is 0 Å². The van der Waals surface area contributed by atoms with Crippen LogP contribution in [0.5, 0.6) is 0 Å². The van der Waals surface area contributed by atoms with Crippen molar-refractivity contribution in [1.29, 1.82) is 0 Å². The molecule has 21 heavy (non-hydrogen) atoms. The van der Waals surface area contributed by atoms with Gasteiger partial charge in [-0.15, -0.1) is 0 Å². The predicted molar refractivity (Wildman–Crippen MR) is 89.0 cm³/mol. The number of aromatic nitrogens is 2. The number of piperidine rings is 1. The number of nitrogens with zero attached hydrogens (tertiary/aromatic N) is 3. The first kappa shape index (κ1) is 16.0. The molecule has 1 aliphatic heterocycles. The molecule has 118 valence electrons. The smallest absolute Gasteiger partial charge is 0.134 e. The van der Waals surface area contributed by atoms with E-state index in [4.69, 9.17) is 0 Å². The second kappa shape index (κ2) is 7.59. The highest BCUT2D eigenvalue weighted by molar-refractivity contribution is 5.58. The zero-order valence-corrected chi connectivity index (χ0v) is 13.8. The van der Waals surface area contributed by atoms with Gasteiger partial charge in [0.1, 0.15) is 18.0 Å². The van der Waals surface area contributed by atoms with Gasteiger partial charge in [-0.2, -0.15) is 0 Å². The van der Waals surface area contributed by atoms with Crippen LogP contribution in [0.3, 0.4) is 0 Å². The van der Waals surface area contributed by atoms with Gasteiger partial charge in [0.2, 0.25) is 0 Å². The third-order valence-corrected chi connectivity index (χ3v) is 4.38. The molecule has 1 saturated heterocycles. The number of hydrogen-bond donors (Lipinski definition) is 2. The maximum absolute atomic E-state index is 4.43. The summed E-state index contributed by atoms with van der Waals surface area (Å²) in [7, 11) is 4.13. The number of rotatable bonds is 6. The molecule has 2 heterocycles. The number of nitrogens with one attached hydrogen (secondary N) is 2. The van der Waals surface area contributed by atoms with Crippen LogP contribution in [0.25, 0.3) is 0 Å². The van der Waals surface area contributed by atoms with E-state index in [0.29, 0.717) is 5.92 Å². The lowest BCUT2D eigenvalue weighted by Gasteiger charge is -2.29. The highest BCUT2D eigenvalue weighted by Crippen LogP contribution is 2.28. The van der Waals surface area contributed by atoms with Gasteiger partial charge in [0.05, 0.1) is 0 Å². The Balaban J connectivity index is 1.91. The lowest BCUT2D eigenvalue weighted by atomic mass is 9.94. The van der Waals surface area contributed by atoms with Crippen molar-refractivity contribution in [3.63, 3.8) is 0 Å². The molecule has 1 fully saturated rings. The van der Waals surface area contributed by atoms with Crippen LogP contribution in [0.1, 0.15) is 44.6 Å². The summed E-state index contributed by atoms with van der Waals surface area (Å²) >= 11 is 0. The summed E-state index contributed by atoms with van der Waals surface area (Å²) in [5, 5.41) is 6.69. The molecule has 0 atom stereocenters. The molecule has 0 bridgehead atoms. The Morgan fingerprint density at radius 3 is 2.52 bits per heavy atom. The maximum Gasteiger partial charge on any atom is 0.134 e. The fourth-order valence-corrected chi connectivity index (χ4v) is 3.03. The molecule has 5 nitrogen and oxygen atoms in total. The predicted octanol–water partition coefficient (Wildman–Crippen LogP) is 2.79. The van der Waals surface area contributed by atoms with Gasteiger partial charge in [-0.25, -0.2) is 9.97 Å². The summed E-state index contributed by atoms with van der Waals surface area (Å²) in [4.78, 5) is 11.2. The van der Waals surface area contributed by atoms with E-state index in [1.807, 2.05) is 7.05 Å². The zero-order valence-electron chi connectivity index (χ0n) is 13.8. The lowest BCUT2D eigenvalue weighted by molar-refractivity contribution is 0.215. The molecule has 0 aliphatic carbocycles. The monoisotopic (exact) mass is 291 g/mol. The molecular weight excluding hydrogens is 262 g/mol. The second-order valence-corrected chi connectivity index (χ2v) is 6.35. The molecule has 0 saturated carbocycles. The minimum absolute atomic E-state index is 0.402. The Hall–Kier alpha value is -1.36. The van der Waals surface area contributed by atoms with Gasteiger partial charge in [-0.3, -0.25) is 0 Å². The van der Waals surface area contributed by atoms with E-state index in [0.717, 1.165) is 24.1 Å². The average molecular weight is 291 g/mol. The van der Waals surface area contributed by atoms with Gasteiger partial charge in [0.15, 0.2) is 0 Å². The van der Waals surface area contributed by atoms with Crippen molar-refractivity contribution < 1.29 is 0 Å². The minimum atomic E-state index is 0.402. The van der Waals surface area contributed by atoms with E-state index in [2.05, 4.69) is 46.4 Å². The molecule has 1 aromatic rings. The Bertz CT molecular complexity index is 438. The first-order chi connectivity index (χ1) is 10.1. The Labute approximate surface area is 128 Å². The van der Waals surface area contributed by atoms with Crippen molar-refractivity contribution in [1.82, 2.24) is 14.9 Å². The Morgan fingerprint density at radius 1 is 1.24 bits per heavy atom. The molecule has 1 aliphatic rings. The van der Waals surface area contributed by atoms with Crippen LogP contribution in [-0.2, 0) is 0 Å². The van der Waals surface area contributed by atoms with E-state index in [1.54, 1.807) is 6.33 Å². The molecule has 2 N–H and O–H groups in total. The standard InChI is InChI=1S/C16H29N5/c1-12(2)14-15(17-3)19-11-20-16(14)18-8-5-13-6-9-21(4)10-7-13/h11-13H,5-10H2,1-4H3,(H2,17,18,19,20). The normalized spacial score (nSPS) is 17.2. The molecule has 1 aromatic heterocycles. The minimum Gasteiger partial charge on any atom is -0.373 e. The van der Waals surface area contributed by atoms with E-state index in [1.165, 1.54) is 37.9 Å². The summed E-state index contributed by atoms with van der Waals surface area (Å²) in [6.45, 7) is 7.83. The molecule has 0 amide bonds. The van der Waals surface area contributed by atoms with Crippen LogP contribution >= 0.6 is 0 Å². The first-order valence-corrected chi connectivity index (χ1v) is 8.06.